The molecule has 7 heteroatoms. The van der Waals surface area contributed by atoms with Crippen molar-refractivity contribution in [1.29, 1.82) is 0 Å². The van der Waals surface area contributed by atoms with Gasteiger partial charge in [-0.15, -0.1) is 0 Å². The number of nitrogens with two attached hydrogens (primary N) is 1. The summed E-state index contributed by atoms with van der Waals surface area (Å²) in [5.74, 6) is -0.0840. The number of hydrogen-bond donors (Lipinski definition) is 2. The lowest BCUT2D eigenvalue weighted by Gasteiger charge is -2.36. The molecule has 0 unspecified atom stereocenters. The number of carbonyl (C=O) groups excluding carboxylic acids is 1. The fraction of sp³-hybridized carbons (Fsp3) is 0.500. The number of hydrogen-bond acceptors (Lipinski definition) is 4. The summed E-state index contributed by atoms with van der Waals surface area (Å²) in [6.07, 6.45) is 0. The van der Waals surface area contributed by atoms with Crippen LogP contribution >= 0.6 is 0 Å². The quantitative estimate of drug-likeness (QED) is 0.830. The highest BCUT2D eigenvalue weighted by molar-refractivity contribution is 7.89. The second kappa shape index (κ2) is 5.75. The van der Waals surface area contributed by atoms with Crippen molar-refractivity contribution in [2.75, 3.05) is 13.1 Å². The van der Waals surface area contributed by atoms with Gasteiger partial charge in [0.25, 0.3) is 5.91 Å². The average Bonchev–Trinajstić information content (AvgIpc) is 2.35. The summed E-state index contributed by atoms with van der Waals surface area (Å²) in [6, 6.07) is 4.98. The number of benzene rings is 1. The molecule has 0 bridgehead atoms. The normalized spacial score (nSPS) is 23.1. The van der Waals surface area contributed by atoms with Crippen molar-refractivity contribution >= 4 is 15.9 Å². The molecule has 3 N–H and O–H groups in total. The third-order valence-corrected chi connectivity index (χ3v) is 4.64. The topological polar surface area (TPSA) is 92.5 Å². The molecule has 1 amide bonds. The van der Waals surface area contributed by atoms with Crippen molar-refractivity contribution in [3.8, 4) is 0 Å². The molecule has 0 spiro atoms. The first kappa shape index (κ1) is 15.9. The van der Waals surface area contributed by atoms with Gasteiger partial charge in [0, 0.05) is 30.7 Å². The zero-order valence-corrected chi connectivity index (χ0v) is 13.3. The minimum atomic E-state index is -3.75. The summed E-state index contributed by atoms with van der Waals surface area (Å²) in [5.41, 5.74) is 0.973. The Morgan fingerprint density at radius 3 is 2.33 bits per heavy atom. The van der Waals surface area contributed by atoms with Crippen LogP contribution in [0.15, 0.2) is 23.1 Å². The predicted octanol–water partition coefficient (Wildman–Crippen LogP) is 0.465. The highest BCUT2D eigenvalue weighted by atomic mass is 32.2. The second-order valence-corrected chi connectivity index (χ2v) is 7.23. The van der Waals surface area contributed by atoms with E-state index in [2.05, 4.69) is 5.32 Å². The van der Waals surface area contributed by atoms with Crippen LogP contribution in [0.1, 0.15) is 29.8 Å². The van der Waals surface area contributed by atoms with Gasteiger partial charge in [-0.25, -0.2) is 13.6 Å². The van der Waals surface area contributed by atoms with E-state index < -0.39 is 10.0 Å². The summed E-state index contributed by atoms with van der Waals surface area (Å²) in [7, 11) is -3.75. The van der Waals surface area contributed by atoms with Crippen LogP contribution in [0, 0.1) is 6.92 Å². The maximum Gasteiger partial charge on any atom is 0.253 e. The van der Waals surface area contributed by atoms with Crippen LogP contribution in [0.3, 0.4) is 0 Å². The Hall–Kier alpha value is -1.44. The summed E-state index contributed by atoms with van der Waals surface area (Å²) < 4.78 is 22.8. The van der Waals surface area contributed by atoms with Crippen LogP contribution < -0.4 is 10.5 Å². The molecule has 116 valence electrons. The first-order valence-electron chi connectivity index (χ1n) is 6.87. The van der Waals surface area contributed by atoms with Gasteiger partial charge in [0.15, 0.2) is 0 Å². The zero-order chi connectivity index (χ0) is 15.8. The Morgan fingerprint density at radius 2 is 1.86 bits per heavy atom. The lowest BCUT2D eigenvalue weighted by Crippen LogP contribution is -2.55. The maximum absolute atomic E-state index is 12.5. The lowest BCUT2D eigenvalue weighted by atomic mass is 10.1. The van der Waals surface area contributed by atoms with Gasteiger partial charge in [0.05, 0.1) is 4.90 Å². The number of rotatable bonds is 2. The SMILES string of the molecule is Cc1cc(C(=O)N2C[C@@H](C)N[C@H](C)C2)ccc1S(N)(=O)=O. The number of primary sulfonamides is 1. The molecule has 1 fully saturated rings. The van der Waals surface area contributed by atoms with E-state index in [4.69, 9.17) is 5.14 Å². The Morgan fingerprint density at radius 1 is 1.29 bits per heavy atom. The molecule has 1 heterocycles. The van der Waals surface area contributed by atoms with Crippen LogP contribution in [0.4, 0.5) is 0 Å². The molecule has 1 aliphatic heterocycles. The van der Waals surface area contributed by atoms with Gasteiger partial charge in [-0.3, -0.25) is 4.79 Å². The molecule has 0 radical (unpaired) electrons. The summed E-state index contributed by atoms with van der Waals surface area (Å²) >= 11 is 0. The standard InChI is InChI=1S/C14H21N3O3S/c1-9-6-12(4-5-13(9)21(15,19)20)14(18)17-7-10(2)16-11(3)8-17/h4-6,10-11,16H,7-8H2,1-3H3,(H2,15,19,20)/t10-,11-/m1/s1. The Kier molecular flexibility index (Phi) is 4.36. The number of nitrogens with zero attached hydrogens (tertiary/aromatic N) is 1. The first-order chi connectivity index (χ1) is 9.68. The number of nitrogens with one attached hydrogen (secondary N) is 1. The molecular weight excluding hydrogens is 290 g/mol. The van der Waals surface area contributed by atoms with Crippen LogP contribution in [-0.2, 0) is 10.0 Å². The Balaban J connectivity index is 2.26. The first-order valence-corrected chi connectivity index (χ1v) is 8.42. The maximum atomic E-state index is 12.5. The smallest absolute Gasteiger partial charge is 0.253 e. The van der Waals surface area contributed by atoms with Gasteiger partial charge in [-0.05, 0) is 44.5 Å². The number of aryl methyl sites for hydroxylation is 1. The Bertz CT molecular complexity index is 647. The number of carbonyl (C=O) groups is 1. The number of sulfonamides is 1. The minimum Gasteiger partial charge on any atom is -0.336 e. The molecule has 21 heavy (non-hydrogen) atoms. The van der Waals surface area contributed by atoms with Crippen molar-refractivity contribution in [3.63, 3.8) is 0 Å². The zero-order valence-electron chi connectivity index (χ0n) is 12.5. The van der Waals surface area contributed by atoms with E-state index in [1.165, 1.54) is 12.1 Å². The van der Waals surface area contributed by atoms with E-state index in [9.17, 15) is 13.2 Å². The van der Waals surface area contributed by atoms with E-state index in [0.29, 0.717) is 24.2 Å². The number of amides is 1. The van der Waals surface area contributed by atoms with E-state index in [0.717, 1.165) is 0 Å². The van der Waals surface area contributed by atoms with Crippen molar-refractivity contribution in [2.24, 2.45) is 5.14 Å². The molecule has 2 rings (SSSR count). The predicted molar refractivity (Wildman–Crippen MR) is 80.5 cm³/mol. The lowest BCUT2D eigenvalue weighted by molar-refractivity contribution is 0.0673. The van der Waals surface area contributed by atoms with Crippen LogP contribution in [-0.4, -0.2) is 44.4 Å². The van der Waals surface area contributed by atoms with Crippen molar-refractivity contribution < 1.29 is 13.2 Å². The molecule has 0 saturated carbocycles. The third-order valence-electron chi connectivity index (χ3n) is 3.57. The minimum absolute atomic E-state index is 0.0566. The molecule has 1 aromatic rings. The summed E-state index contributed by atoms with van der Waals surface area (Å²) in [5, 5.41) is 8.50. The summed E-state index contributed by atoms with van der Waals surface area (Å²) in [6.45, 7) is 6.98. The van der Waals surface area contributed by atoms with E-state index in [-0.39, 0.29) is 22.9 Å². The largest absolute Gasteiger partial charge is 0.336 e. The van der Waals surface area contributed by atoms with Crippen LogP contribution in [0.25, 0.3) is 0 Å². The van der Waals surface area contributed by atoms with E-state index in [1.54, 1.807) is 17.9 Å². The van der Waals surface area contributed by atoms with Gasteiger partial charge in [0.1, 0.15) is 0 Å². The highest BCUT2D eigenvalue weighted by Gasteiger charge is 2.26. The van der Waals surface area contributed by atoms with Crippen molar-refractivity contribution in [1.82, 2.24) is 10.2 Å². The van der Waals surface area contributed by atoms with E-state index in [1.807, 2.05) is 13.8 Å². The average molecular weight is 311 g/mol. The van der Waals surface area contributed by atoms with Gasteiger partial charge in [-0.1, -0.05) is 0 Å². The van der Waals surface area contributed by atoms with Crippen molar-refractivity contribution in [3.05, 3.63) is 29.3 Å². The number of piperazine rings is 1. The van der Waals surface area contributed by atoms with Gasteiger partial charge >= 0.3 is 0 Å². The van der Waals surface area contributed by atoms with E-state index >= 15 is 0 Å². The molecule has 1 saturated heterocycles. The van der Waals surface area contributed by atoms with Gasteiger partial charge in [0.2, 0.25) is 10.0 Å². The van der Waals surface area contributed by atoms with Gasteiger partial charge in [-0.2, -0.15) is 0 Å². The van der Waals surface area contributed by atoms with Crippen LogP contribution in [0.2, 0.25) is 0 Å². The molecule has 6 nitrogen and oxygen atoms in total. The van der Waals surface area contributed by atoms with Crippen LogP contribution in [0.5, 0.6) is 0 Å². The fourth-order valence-electron chi connectivity index (χ4n) is 2.78. The third kappa shape index (κ3) is 3.61. The molecule has 0 aromatic heterocycles. The molecular formula is C14H21N3O3S. The molecule has 1 aromatic carbocycles. The fourth-order valence-corrected chi connectivity index (χ4v) is 3.54. The second-order valence-electron chi connectivity index (χ2n) is 5.70. The Labute approximate surface area is 125 Å². The molecule has 0 aliphatic carbocycles. The summed E-state index contributed by atoms with van der Waals surface area (Å²) in [4.78, 5) is 14.4. The highest BCUT2D eigenvalue weighted by Crippen LogP contribution is 2.17. The van der Waals surface area contributed by atoms with Gasteiger partial charge < -0.3 is 10.2 Å². The molecule has 1 aliphatic rings. The van der Waals surface area contributed by atoms with Crippen molar-refractivity contribution in [2.45, 2.75) is 37.8 Å². The molecule has 2 atom stereocenters. The monoisotopic (exact) mass is 311 g/mol.